The Kier molecular flexibility index (Phi) is 9.25. The number of hydrogen-bond donors (Lipinski definition) is 1. The van der Waals surface area contributed by atoms with E-state index in [-0.39, 0.29) is 23.4 Å². The van der Waals surface area contributed by atoms with E-state index in [0.717, 1.165) is 41.1 Å². The van der Waals surface area contributed by atoms with E-state index in [9.17, 15) is 22.4 Å². The minimum atomic E-state index is -4.12. The van der Waals surface area contributed by atoms with Crippen LogP contribution in [0.5, 0.6) is 0 Å². The molecule has 7 nitrogen and oxygen atoms in total. The van der Waals surface area contributed by atoms with Gasteiger partial charge in [0.2, 0.25) is 11.8 Å². The zero-order chi connectivity index (χ0) is 28.9. The first-order chi connectivity index (χ1) is 19.1. The highest BCUT2D eigenvalue weighted by atomic mass is 32.2. The molecule has 0 unspecified atom stereocenters. The lowest BCUT2D eigenvalue weighted by atomic mass is 10.1. The average Bonchev–Trinajstić information content (AvgIpc) is 3.46. The van der Waals surface area contributed by atoms with Gasteiger partial charge in [0.1, 0.15) is 18.4 Å². The number of anilines is 1. The van der Waals surface area contributed by atoms with Gasteiger partial charge in [0.05, 0.1) is 10.6 Å². The van der Waals surface area contributed by atoms with Crippen LogP contribution in [0, 0.1) is 19.7 Å². The van der Waals surface area contributed by atoms with Crippen LogP contribution in [0.25, 0.3) is 0 Å². The van der Waals surface area contributed by atoms with E-state index < -0.39 is 34.3 Å². The van der Waals surface area contributed by atoms with Crippen LogP contribution >= 0.6 is 0 Å². The summed E-state index contributed by atoms with van der Waals surface area (Å²) in [5, 5.41) is 3.04. The topological polar surface area (TPSA) is 86.8 Å². The maximum Gasteiger partial charge on any atom is 0.264 e. The molecule has 3 aromatic rings. The molecule has 0 aliphatic heterocycles. The molecule has 0 radical (unpaired) electrons. The van der Waals surface area contributed by atoms with Crippen LogP contribution in [0.15, 0.2) is 77.7 Å². The zero-order valence-electron chi connectivity index (χ0n) is 23.1. The van der Waals surface area contributed by atoms with Gasteiger partial charge in [-0.05, 0) is 86.7 Å². The number of rotatable bonds is 10. The monoisotopic (exact) mass is 565 g/mol. The fourth-order valence-corrected chi connectivity index (χ4v) is 6.32. The first-order valence-corrected chi connectivity index (χ1v) is 15.0. The number of sulfonamides is 1. The van der Waals surface area contributed by atoms with Gasteiger partial charge < -0.3 is 10.2 Å². The standard InChI is InChI=1S/C31H36FN3O4S/c1-22-13-18-28(19-23(22)2)35(40(38,39)29-11-5-4-6-12-29)21-30(36)34(20-25-14-16-26(32)17-15-25)24(3)31(37)33-27-9-7-8-10-27/h4-6,11-19,24,27H,7-10,20-21H2,1-3H3,(H,33,37)/t24-/m1/s1. The third-order valence-corrected chi connectivity index (χ3v) is 9.31. The Morgan fingerprint density at radius 3 is 2.23 bits per heavy atom. The van der Waals surface area contributed by atoms with E-state index >= 15 is 0 Å². The summed E-state index contributed by atoms with van der Waals surface area (Å²) in [6, 6.07) is 18.1. The van der Waals surface area contributed by atoms with E-state index in [1.165, 1.54) is 29.2 Å². The van der Waals surface area contributed by atoms with Crippen LogP contribution < -0.4 is 9.62 Å². The van der Waals surface area contributed by atoms with Crippen molar-refractivity contribution in [2.45, 2.75) is 70.0 Å². The summed E-state index contributed by atoms with van der Waals surface area (Å²) in [4.78, 5) is 28.6. The van der Waals surface area contributed by atoms with Crippen molar-refractivity contribution in [3.05, 3.63) is 95.3 Å². The molecule has 40 heavy (non-hydrogen) atoms. The van der Waals surface area contributed by atoms with E-state index in [1.807, 2.05) is 19.9 Å². The van der Waals surface area contributed by atoms with Gasteiger partial charge in [-0.1, -0.05) is 49.2 Å². The Morgan fingerprint density at radius 2 is 1.60 bits per heavy atom. The highest BCUT2D eigenvalue weighted by molar-refractivity contribution is 7.92. The second-order valence-corrected chi connectivity index (χ2v) is 12.3. The molecule has 4 rings (SSSR count). The molecule has 0 heterocycles. The normalized spacial score (nSPS) is 14.5. The van der Waals surface area contributed by atoms with Gasteiger partial charge >= 0.3 is 0 Å². The van der Waals surface area contributed by atoms with E-state index in [0.29, 0.717) is 11.3 Å². The highest BCUT2D eigenvalue weighted by Gasteiger charge is 2.33. The van der Waals surface area contributed by atoms with Crippen molar-refractivity contribution in [1.82, 2.24) is 10.2 Å². The quantitative estimate of drug-likeness (QED) is 0.370. The maximum atomic E-state index is 14.0. The summed E-state index contributed by atoms with van der Waals surface area (Å²) < 4.78 is 42.4. The minimum absolute atomic E-state index is 0.0184. The molecule has 1 atom stereocenters. The average molecular weight is 566 g/mol. The van der Waals surface area contributed by atoms with Crippen LogP contribution in [0.1, 0.15) is 49.3 Å². The van der Waals surface area contributed by atoms with Crippen molar-refractivity contribution in [3.63, 3.8) is 0 Å². The third kappa shape index (κ3) is 6.88. The zero-order valence-corrected chi connectivity index (χ0v) is 24.0. The van der Waals surface area contributed by atoms with E-state index in [1.54, 1.807) is 49.4 Å². The number of nitrogens with zero attached hydrogens (tertiary/aromatic N) is 2. The molecule has 3 aromatic carbocycles. The molecule has 0 spiro atoms. The summed E-state index contributed by atoms with van der Waals surface area (Å²) in [6.45, 7) is 4.95. The molecule has 9 heteroatoms. The van der Waals surface area contributed by atoms with Gasteiger partial charge in [-0.3, -0.25) is 13.9 Å². The highest BCUT2D eigenvalue weighted by Crippen LogP contribution is 2.27. The van der Waals surface area contributed by atoms with Crippen LogP contribution in [0.3, 0.4) is 0 Å². The van der Waals surface area contributed by atoms with Gasteiger partial charge in [0, 0.05) is 12.6 Å². The predicted molar refractivity (Wildman–Crippen MR) is 154 cm³/mol. The SMILES string of the molecule is Cc1ccc(N(CC(=O)N(Cc2ccc(F)cc2)[C@H](C)C(=O)NC2CCCC2)S(=O)(=O)c2ccccc2)cc1C. The summed E-state index contributed by atoms with van der Waals surface area (Å²) in [6.07, 6.45) is 3.86. The number of carbonyl (C=O) groups is 2. The van der Waals surface area contributed by atoms with Crippen LogP contribution in [0.2, 0.25) is 0 Å². The van der Waals surface area contributed by atoms with Crippen LogP contribution in [0.4, 0.5) is 10.1 Å². The second kappa shape index (κ2) is 12.6. The molecule has 1 aliphatic carbocycles. The maximum absolute atomic E-state index is 14.0. The Morgan fingerprint density at radius 1 is 0.950 bits per heavy atom. The molecule has 1 N–H and O–H groups in total. The van der Waals surface area contributed by atoms with Crippen molar-refractivity contribution in [2.75, 3.05) is 10.8 Å². The van der Waals surface area contributed by atoms with Gasteiger partial charge in [0.25, 0.3) is 10.0 Å². The Bertz CT molecular complexity index is 1440. The molecular weight excluding hydrogens is 529 g/mol. The number of aryl methyl sites for hydroxylation is 2. The molecule has 212 valence electrons. The Balaban J connectivity index is 1.69. The Hall–Kier alpha value is -3.72. The molecule has 0 aromatic heterocycles. The van der Waals surface area contributed by atoms with Crippen LogP contribution in [-0.2, 0) is 26.2 Å². The Labute approximate surface area is 236 Å². The fraction of sp³-hybridized carbons (Fsp3) is 0.355. The lowest BCUT2D eigenvalue weighted by Crippen LogP contribution is -2.52. The van der Waals surface area contributed by atoms with Crippen molar-refractivity contribution in [3.8, 4) is 0 Å². The van der Waals surface area contributed by atoms with Crippen molar-refractivity contribution in [2.24, 2.45) is 0 Å². The predicted octanol–water partition coefficient (Wildman–Crippen LogP) is 5.11. The molecule has 2 amide bonds. The molecule has 0 bridgehead atoms. The number of benzene rings is 3. The minimum Gasteiger partial charge on any atom is -0.352 e. The summed E-state index contributed by atoms with van der Waals surface area (Å²) in [7, 11) is -4.12. The lowest BCUT2D eigenvalue weighted by molar-refractivity contribution is -0.139. The summed E-state index contributed by atoms with van der Waals surface area (Å²) in [5.41, 5.74) is 2.84. The lowest BCUT2D eigenvalue weighted by Gasteiger charge is -2.32. The molecule has 1 fully saturated rings. The molecule has 1 saturated carbocycles. The number of amides is 2. The summed E-state index contributed by atoms with van der Waals surface area (Å²) >= 11 is 0. The third-order valence-electron chi connectivity index (χ3n) is 7.52. The smallest absolute Gasteiger partial charge is 0.264 e. The fourth-order valence-electron chi connectivity index (χ4n) is 4.89. The second-order valence-electron chi connectivity index (χ2n) is 10.4. The van der Waals surface area contributed by atoms with Crippen LogP contribution in [-0.4, -0.2) is 43.8 Å². The molecule has 1 aliphatic rings. The summed E-state index contributed by atoms with van der Waals surface area (Å²) in [5.74, 6) is -1.26. The van der Waals surface area contributed by atoms with Gasteiger partial charge in [-0.15, -0.1) is 0 Å². The first-order valence-electron chi connectivity index (χ1n) is 13.6. The molecule has 0 saturated heterocycles. The van der Waals surface area contributed by atoms with E-state index in [2.05, 4.69) is 5.32 Å². The first kappa shape index (κ1) is 29.3. The van der Waals surface area contributed by atoms with E-state index in [4.69, 9.17) is 0 Å². The largest absolute Gasteiger partial charge is 0.352 e. The number of halogens is 1. The molecular formula is C31H36FN3O4S. The van der Waals surface area contributed by atoms with Crippen molar-refractivity contribution < 1.29 is 22.4 Å². The number of hydrogen-bond acceptors (Lipinski definition) is 4. The van der Waals surface area contributed by atoms with Gasteiger partial charge in [-0.2, -0.15) is 0 Å². The number of carbonyl (C=O) groups excluding carboxylic acids is 2. The van der Waals surface area contributed by atoms with Crippen molar-refractivity contribution >= 4 is 27.5 Å². The number of nitrogens with one attached hydrogen (secondary N) is 1. The van der Waals surface area contributed by atoms with Crippen molar-refractivity contribution in [1.29, 1.82) is 0 Å². The van der Waals surface area contributed by atoms with Gasteiger partial charge in [-0.25, -0.2) is 12.8 Å². The van der Waals surface area contributed by atoms with Gasteiger partial charge in [0.15, 0.2) is 0 Å².